The molecule has 0 radical (unpaired) electrons. The first-order valence-electron chi connectivity index (χ1n) is 9.32. The lowest BCUT2D eigenvalue weighted by atomic mass is 9.92. The largest absolute Gasteiger partial charge is 0.481 e. The van der Waals surface area contributed by atoms with Crippen molar-refractivity contribution in [1.29, 1.82) is 0 Å². The van der Waals surface area contributed by atoms with Gasteiger partial charge in [0.05, 0.1) is 5.92 Å². The van der Waals surface area contributed by atoms with E-state index in [1.807, 2.05) is 0 Å². The maximum atomic E-state index is 12.7. The number of hydrogen-bond donors (Lipinski definition) is 2. The van der Waals surface area contributed by atoms with Gasteiger partial charge in [0, 0.05) is 12.8 Å². The molecule has 2 atom stereocenters. The third-order valence-electron chi connectivity index (χ3n) is 4.13. The van der Waals surface area contributed by atoms with Crippen molar-refractivity contribution in [3.63, 3.8) is 0 Å². The Morgan fingerprint density at radius 3 is 2.17 bits per heavy atom. The molecule has 3 amide bonds. The summed E-state index contributed by atoms with van der Waals surface area (Å²) in [5, 5.41) is 12.2. The summed E-state index contributed by atoms with van der Waals surface area (Å²) >= 11 is 0. The Balaban J connectivity index is 2.28. The number of carbonyl (C=O) groups excluding carboxylic acids is 4. The number of alkyl carbamates (subject to hydrolysis) is 1. The summed E-state index contributed by atoms with van der Waals surface area (Å²) in [4.78, 5) is 65.3. The van der Waals surface area contributed by atoms with Gasteiger partial charge in [-0.05, 0) is 32.8 Å². The van der Waals surface area contributed by atoms with E-state index in [4.69, 9.17) is 9.57 Å². The average molecular weight is 420 g/mol. The zero-order valence-electron chi connectivity index (χ0n) is 16.9. The van der Waals surface area contributed by atoms with Gasteiger partial charge in [0.2, 0.25) is 0 Å². The molecular formula is C20H24N2O8. The van der Waals surface area contributed by atoms with Crippen LogP contribution >= 0.6 is 0 Å². The number of ether oxygens (including phenoxy) is 1. The molecule has 0 spiro atoms. The molecule has 1 aromatic carbocycles. The number of hydroxylamine groups is 2. The van der Waals surface area contributed by atoms with Gasteiger partial charge in [0.25, 0.3) is 11.8 Å². The quantitative estimate of drug-likeness (QED) is 0.632. The van der Waals surface area contributed by atoms with E-state index in [0.29, 0.717) is 10.6 Å². The van der Waals surface area contributed by atoms with Crippen molar-refractivity contribution in [1.82, 2.24) is 10.4 Å². The number of carbonyl (C=O) groups is 5. The highest BCUT2D eigenvalue weighted by Crippen LogP contribution is 2.19. The maximum Gasteiger partial charge on any atom is 0.408 e. The lowest BCUT2D eigenvalue weighted by Crippen LogP contribution is -2.52. The number of carboxylic acids is 1. The first-order valence-corrected chi connectivity index (χ1v) is 9.32. The Morgan fingerprint density at radius 2 is 1.67 bits per heavy atom. The second-order valence-corrected chi connectivity index (χ2v) is 7.75. The molecule has 1 unspecified atom stereocenters. The molecule has 2 rings (SSSR count). The first-order chi connectivity index (χ1) is 14.0. The number of carboxylic acid groups (broad SMARTS) is 1. The zero-order chi connectivity index (χ0) is 22.5. The molecule has 0 aliphatic carbocycles. The van der Waals surface area contributed by atoms with Crippen molar-refractivity contribution in [3.05, 3.63) is 35.9 Å². The summed E-state index contributed by atoms with van der Waals surface area (Å²) in [6.45, 7) is 4.79. The van der Waals surface area contributed by atoms with Crippen LogP contribution in [-0.2, 0) is 35.2 Å². The highest BCUT2D eigenvalue weighted by atomic mass is 16.7. The van der Waals surface area contributed by atoms with Crippen LogP contribution in [0, 0.1) is 5.92 Å². The molecule has 1 aromatic rings. The summed E-state index contributed by atoms with van der Waals surface area (Å²) in [6.07, 6.45) is -1.40. The van der Waals surface area contributed by atoms with Crippen molar-refractivity contribution in [2.75, 3.05) is 0 Å². The fourth-order valence-electron chi connectivity index (χ4n) is 2.78. The van der Waals surface area contributed by atoms with Crippen LogP contribution in [0.5, 0.6) is 0 Å². The number of imide groups is 1. The summed E-state index contributed by atoms with van der Waals surface area (Å²) in [5.41, 5.74) is -0.306. The predicted octanol–water partition coefficient (Wildman–Crippen LogP) is 1.43. The second-order valence-electron chi connectivity index (χ2n) is 7.75. The van der Waals surface area contributed by atoms with Crippen molar-refractivity contribution in [2.45, 2.75) is 51.7 Å². The number of aliphatic carboxylic acids is 1. The van der Waals surface area contributed by atoms with Gasteiger partial charge in [-0.15, -0.1) is 5.06 Å². The van der Waals surface area contributed by atoms with E-state index in [1.165, 1.54) is 0 Å². The van der Waals surface area contributed by atoms with E-state index in [-0.39, 0.29) is 19.3 Å². The Kier molecular flexibility index (Phi) is 7.14. The van der Waals surface area contributed by atoms with Gasteiger partial charge >= 0.3 is 18.0 Å². The number of benzene rings is 1. The van der Waals surface area contributed by atoms with E-state index in [9.17, 15) is 29.1 Å². The van der Waals surface area contributed by atoms with Crippen LogP contribution in [0.1, 0.15) is 39.2 Å². The van der Waals surface area contributed by atoms with Crippen LogP contribution in [0.25, 0.3) is 0 Å². The minimum absolute atomic E-state index is 0.117. The van der Waals surface area contributed by atoms with E-state index in [2.05, 4.69) is 5.32 Å². The van der Waals surface area contributed by atoms with Crippen LogP contribution in [0.4, 0.5) is 4.79 Å². The van der Waals surface area contributed by atoms with Crippen molar-refractivity contribution < 1.29 is 38.7 Å². The van der Waals surface area contributed by atoms with Crippen molar-refractivity contribution in [2.24, 2.45) is 5.92 Å². The van der Waals surface area contributed by atoms with Crippen molar-refractivity contribution >= 4 is 29.8 Å². The molecule has 1 heterocycles. The Labute approximate surface area is 173 Å². The predicted molar refractivity (Wildman–Crippen MR) is 102 cm³/mol. The minimum atomic E-state index is -1.71. The normalized spacial score (nSPS) is 16.0. The number of nitrogens with one attached hydrogen (secondary N) is 1. The SMILES string of the molecule is CC(C)(C)OC(=O)N[C@H](C(=O)ON1C(=O)CCC1=O)C(Cc1ccccc1)C(=O)O. The van der Waals surface area contributed by atoms with Crippen LogP contribution in [0.2, 0.25) is 0 Å². The molecule has 30 heavy (non-hydrogen) atoms. The van der Waals surface area contributed by atoms with Gasteiger partial charge in [0.15, 0.2) is 0 Å². The highest BCUT2D eigenvalue weighted by Gasteiger charge is 2.41. The highest BCUT2D eigenvalue weighted by molar-refractivity contribution is 6.02. The molecule has 10 nitrogen and oxygen atoms in total. The second kappa shape index (κ2) is 9.38. The van der Waals surface area contributed by atoms with Gasteiger partial charge in [-0.3, -0.25) is 14.4 Å². The third-order valence-corrected chi connectivity index (χ3v) is 4.13. The molecule has 2 N–H and O–H groups in total. The van der Waals surface area contributed by atoms with Crippen LogP contribution in [0.3, 0.4) is 0 Å². The van der Waals surface area contributed by atoms with E-state index in [1.54, 1.807) is 51.1 Å². The molecule has 0 bridgehead atoms. The van der Waals surface area contributed by atoms with Crippen LogP contribution in [-0.4, -0.2) is 51.7 Å². The topological polar surface area (TPSA) is 139 Å². The summed E-state index contributed by atoms with van der Waals surface area (Å²) < 4.78 is 5.11. The summed E-state index contributed by atoms with van der Waals surface area (Å²) in [5.74, 6) is -5.53. The van der Waals surface area contributed by atoms with Gasteiger partial charge in [-0.2, -0.15) is 0 Å². The van der Waals surface area contributed by atoms with Gasteiger partial charge in [-0.1, -0.05) is 30.3 Å². The van der Waals surface area contributed by atoms with E-state index >= 15 is 0 Å². The zero-order valence-corrected chi connectivity index (χ0v) is 16.9. The molecule has 1 aliphatic rings. The number of hydrogen-bond acceptors (Lipinski definition) is 7. The van der Waals surface area contributed by atoms with Crippen LogP contribution in [0.15, 0.2) is 30.3 Å². The smallest absolute Gasteiger partial charge is 0.408 e. The lowest BCUT2D eigenvalue weighted by molar-refractivity contribution is -0.200. The number of amides is 3. The first kappa shape index (κ1) is 22.9. The summed E-state index contributed by atoms with van der Waals surface area (Å²) in [7, 11) is 0. The fraction of sp³-hybridized carbons (Fsp3) is 0.450. The molecule has 1 saturated heterocycles. The monoisotopic (exact) mass is 420 g/mol. The molecule has 0 aromatic heterocycles. The Hall–Kier alpha value is -3.43. The number of rotatable bonds is 7. The van der Waals surface area contributed by atoms with E-state index in [0.717, 1.165) is 0 Å². The maximum absolute atomic E-state index is 12.7. The number of nitrogens with zero attached hydrogens (tertiary/aromatic N) is 1. The van der Waals surface area contributed by atoms with Gasteiger partial charge in [0.1, 0.15) is 11.6 Å². The average Bonchev–Trinajstić information content (AvgIpc) is 2.95. The lowest BCUT2D eigenvalue weighted by Gasteiger charge is -2.27. The standard InChI is InChI=1S/C20H24N2O8/c1-20(2,3)29-19(28)21-16(18(27)30-22-14(23)9-10-15(22)24)13(17(25)26)11-12-7-5-4-6-8-12/h4-8,13,16H,9-11H2,1-3H3,(H,21,28)(H,25,26)/t13?,16-/m0/s1. The van der Waals surface area contributed by atoms with Crippen LogP contribution < -0.4 is 5.32 Å². The molecular weight excluding hydrogens is 396 g/mol. The van der Waals surface area contributed by atoms with Gasteiger partial charge < -0.3 is 20.0 Å². The fourth-order valence-corrected chi connectivity index (χ4v) is 2.78. The third kappa shape index (κ3) is 6.29. The van der Waals surface area contributed by atoms with Gasteiger partial charge in [-0.25, -0.2) is 9.59 Å². The van der Waals surface area contributed by atoms with Crippen molar-refractivity contribution in [3.8, 4) is 0 Å². The molecule has 1 fully saturated rings. The molecule has 1 aliphatic heterocycles. The Morgan fingerprint density at radius 1 is 1.10 bits per heavy atom. The molecule has 0 saturated carbocycles. The summed E-state index contributed by atoms with van der Waals surface area (Å²) in [6, 6.07) is 6.76. The molecule has 10 heteroatoms. The Bertz CT molecular complexity index is 815. The van der Waals surface area contributed by atoms with E-state index < -0.39 is 47.4 Å². The minimum Gasteiger partial charge on any atom is -0.481 e. The molecule has 162 valence electrons.